The van der Waals surface area contributed by atoms with Gasteiger partial charge in [-0.2, -0.15) is 0 Å². The van der Waals surface area contributed by atoms with Crippen LogP contribution in [0.2, 0.25) is 0 Å². The van der Waals surface area contributed by atoms with E-state index in [9.17, 15) is 20.0 Å². The van der Waals surface area contributed by atoms with Gasteiger partial charge in [-0.1, -0.05) is 19.1 Å². The highest BCUT2D eigenvalue weighted by molar-refractivity contribution is 5.95. The number of hydrogen-bond acceptors (Lipinski definition) is 7. The van der Waals surface area contributed by atoms with Crippen molar-refractivity contribution in [2.75, 3.05) is 19.0 Å². The van der Waals surface area contributed by atoms with Gasteiger partial charge in [0.25, 0.3) is 5.69 Å². The molecule has 1 heterocycles. The topological polar surface area (TPSA) is 120 Å². The predicted octanol–water partition coefficient (Wildman–Crippen LogP) is 3.78. The lowest BCUT2D eigenvalue weighted by molar-refractivity contribution is -0.384. The normalized spacial score (nSPS) is 18.9. The number of ether oxygens (including phenoxy) is 3. The number of fused-ring (bicyclic) bond motifs is 1. The Morgan fingerprint density at radius 1 is 1.28 bits per heavy atom. The van der Waals surface area contributed by atoms with Gasteiger partial charge >= 0.3 is 0 Å². The van der Waals surface area contributed by atoms with Crippen LogP contribution in [0.4, 0.5) is 11.4 Å². The molecule has 32 heavy (non-hydrogen) atoms. The Balaban J connectivity index is 1.92. The largest absolute Gasteiger partial charge is 0.497 e. The number of aliphatic hydroxyl groups excluding tert-OH is 1. The van der Waals surface area contributed by atoms with Gasteiger partial charge in [0, 0.05) is 12.2 Å². The van der Waals surface area contributed by atoms with Gasteiger partial charge < -0.3 is 24.6 Å². The van der Waals surface area contributed by atoms with Gasteiger partial charge in [-0.3, -0.25) is 14.9 Å². The maximum absolute atomic E-state index is 12.6. The van der Waals surface area contributed by atoms with Crippen LogP contribution < -0.4 is 14.8 Å². The first-order chi connectivity index (χ1) is 15.2. The van der Waals surface area contributed by atoms with Gasteiger partial charge in [0.1, 0.15) is 35.0 Å². The van der Waals surface area contributed by atoms with Crippen molar-refractivity contribution in [1.29, 1.82) is 0 Å². The smallest absolute Gasteiger partial charge is 0.296 e. The minimum atomic E-state index is -1.00. The van der Waals surface area contributed by atoms with Crippen LogP contribution in [-0.4, -0.2) is 41.4 Å². The summed E-state index contributed by atoms with van der Waals surface area (Å²) in [5.74, 6) is 0.502. The lowest BCUT2D eigenvalue weighted by atomic mass is 9.88. The quantitative estimate of drug-likeness (QED) is 0.469. The summed E-state index contributed by atoms with van der Waals surface area (Å²) in [6.45, 7) is 5.73. The van der Waals surface area contributed by atoms with E-state index in [0.717, 1.165) is 12.0 Å². The zero-order valence-corrected chi connectivity index (χ0v) is 18.6. The van der Waals surface area contributed by atoms with E-state index in [-0.39, 0.29) is 23.5 Å². The maximum Gasteiger partial charge on any atom is 0.296 e. The molecule has 9 nitrogen and oxygen atoms in total. The Hall–Kier alpha value is -3.17. The van der Waals surface area contributed by atoms with Crippen LogP contribution in [0.1, 0.15) is 44.4 Å². The molecular weight excluding hydrogens is 416 g/mol. The third-order valence-electron chi connectivity index (χ3n) is 5.30. The van der Waals surface area contributed by atoms with Crippen molar-refractivity contribution >= 4 is 17.3 Å². The summed E-state index contributed by atoms with van der Waals surface area (Å²) in [5.41, 5.74) is -0.0939. The van der Waals surface area contributed by atoms with E-state index in [0.29, 0.717) is 17.9 Å². The zero-order valence-electron chi connectivity index (χ0n) is 18.6. The lowest BCUT2D eigenvalue weighted by Gasteiger charge is -2.41. The third kappa shape index (κ3) is 5.00. The molecule has 0 radical (unpaired) electrons. The Kier molecular flexibility index (Phi) is 7.00. The SMILES string of the molecule is CCCO[C@H]1c2cc(NC(=O)Cc3ccc(OC)cc3)c([N+](=O)[O-])cc2OC(C)(C)C1O. The Labute approximate surface area is 186 Å². The number of nitrogens with one attached hydrogen (secondary N) is 1. The molecule has 1 aliphatic rings. The van der Waals surface area contributed by atoms with E-state index in [1.54, 1.807) is 45.2 Å². The summed E-state index contributed by atoms with van der Waals surface area (Å²) in [6.07, 6.45) is -0.976. The fraction of sp³-hybridized carbons (Fsp3) is 0.435. The first kappa shape index (κ1) is 23.5. The molecule has 0 saturated heterocycles. The minimum absolute atomic E-state index is 0.0212. The highest BCUT2D eigenvalue weighted by Crippen LogP contribution is 2.45. The first-order valence-corrected chi connectivity index (χ1v) is 10.4. The van der Waals surface area contributed by atoms with Crippen LogP contribution in [0.3, 0.4) is 0 Å². The fourth-order valence-electron chi connectivity index (χ4n) is 3.58. The van der Waals surface area contributed by atoms with Crippen molar-refractivity contribution in [3.05, 3.63) is 57.6 Å². The molecule has 1 amide bonds. The molecule has 0 aromatic heterocycles. The van der Waals surface area contributed by atoms with Gasteiger partial charge in [0.15, 0.2) is 0 Å². The van der Waals surface area contributed by atoms with Gasteiger partial charge in [-0.25, -0.2) is 0 Å². The molecule has 0 fully saturated rings. The standard InChI is InChI=1S/C23H28N2O7/c1-5-10-31-21-16-12-17(24-20(26)11-14-6-8-15(30-4)9-7-14)18(25(28)29)13-19(16)32-23(2,3)22(21)27/h6-9,12-13,21-22,27H,5,10-11H2,1-4H3,(H,24,26)/t21-,22?/m0/s1. The average molecular weight is 444 g/mol. The third-order valence-corrected chi connectivity index (χ3v) is 5.30. The number of carbonyl (C=O) groups excluding carboxylic acids is 1. The number of methoxy groups -OCH3 is 1. The summed E-state index contributed by atoms with van der Waals surface area (Å²) in [4.78, 5) is 23.7. The highest BCUT2D eigenvalue weighted by atomic mass is 16.6. The van der Waals surface area contributed by atoms with Gasteiger partial charge in [0.05, 0.1) is 24.5 Å². The van der Waals surface area contributed by atoms with E-state index in [1.807, 2.05) is 6.92 Å². The van der Waals surface area contributed by atoms with Crippen molar-refractivity contribution in [1.82, 2.24) is 0 Å². The molecule has 0 saturated carbocycles. The number of aliphatic hydroxyl groups is 1. The number of carbonyl (C=O) groups is 1. The lowest BCUT2D eigenvalue weighted by Crippen LogP contribution is -2.49. The van der Waals surface area contributed by atoms with E-state index >= 15 is 0 Å². The van der Waals surface area contributed by atoms with Gasteiger partial charge in [0.2, 0.25) is 5.91 Å². The summed E-state index contributed by atoms with van der Waals surface area (Å²) in [7, 11) is 1.55. The monoisotopic (exact) mass is 444 g/mol. The minimum Gasteiger partial charge on any atom is -0.497 e. The number of rotatable bonds is 8. The molecule has 0 spiro atoms. The van der Waals surface area contributed by atoms with Crippen molar-refractivity contribution < 1.29 is 29.0 Å². The Bertz CT molecular complexity index is 989. The number of hydrogen-bond donors (Lipinski definition) is 2. The number of benzene rings is 2. The molecule has 2 N–H and O–H groups in total. The second-order valence-corrected chi connectivity index (χ2v) is 8.18. The van der Waals surface area contributed by atoms with E-state index < -0.39 is 28.6 Å². The van der Waals surface area contributed by atoms with E-state index in [4.69, 9.17) is 14.2 Å². The van der Waals surface area contributed by atoms with E-state index in [1.165, 1.54) is 12.1 Å². The average Bonchev–Trinajstić information content (AvgIpc) is 2.74. The fourth-order valence-corrected chi connectivity index (χ4v) is 3.58. The molecule has 1 aliphatic heterocycles. The molecule has 172 valence electrons. The second-order valence-electron chi connectivity index (χ2n) is 8.18. The van der Waals surface area contributed by atoms with Crippen molar-refractivity contribution in [2.24, 2.45) is 0 Å². The first-order valence-electron chi connectivity index (χ1n) is 10.4. The number of nitrogens with zero attached hydrogens (tertiary/aromatic N) is 1. The Morgan fingerprint density at radius 2 is 1.97 bits per heavy atom. The molecule has 1 unspecified atom stereocenters. The molecular formula is C23H28N2O7. The zero-order chi connectivity index (χ0) is 23.5. The summed E-state index contributed by atoms with van der Waals surface area (Å²) < 4.78 is 16.8. The summed E-state index contributed by atoms with van der Waals surface area (Å²) >= 11 is 0. The maximum atomic E-state index is 12.6. The van der Waals surface area contributed by atoms with Crippen LogP contribution in [0.25, 0.3) is 0 Å². The molecule has 9 heteroatoms. The van der Waals surface area contributed by atoms with Crippen molar-refractivity contribution in [3.8, 4) is 11.5 Å². The number of amides is 1. The summed E-state index contributed by atoms with van der Waals surface area (Å²) in [5, 5.41) is 25.1. The van der Waals surface area contributed by atoms with Gasteiger partial charge in [-0.15, -0.1) is 0 Å². The highest BCUT2D eigenvalue weighted by Gasteiger charge is 2.44. The number of nitro groups is 1. The van der Waals surface area contributed by atoms with Crippen LogP contribution in [0.15, 0.2) is 36.4 Å². The summed E-state index contributed by atoms with van der Waals surface area (Å²) in [6, 6.07) is 9.70. The van der Waals surface area contributed by atoms with Crippen LogP contribution >= 0.6 is 0 Å². The molecule has 3 rings (SSSR count). The number of nitro benzene ring substituents is 1. The molecule has 0 bridgehead atoms. The van der Waals surface area contributed by atoms with E-state index in [2.05, 4.69) is 5.32 Å². The van der Waals surface area contributed by atoms with Crippen LogP contribution in [-0.2, 0) is 16.0 Å². The molecule has 2 aromatic rings. The van der Waals surface area contributed by atoms with Crippen molar-refractivity contribution in [3.63, 3.8) is 0 Å². The molecule has 0 aliphatic carbocycles. The second kappa shape index (κ2) is 9.54. The van der Waals surface area contributed by atoms with Gasteiger partial charge in [-0.05, 0) is 44.0 Å². The Morgan fingerprint density at radius 3 is 2.56 bits per heavy atom. The molecule has 2 aromatic carbocycles. The predicted molar refractivity (Wildman–Crippen MR) is 118 cm³/mol. The molecule has 2 atom stereocenters. The van der Waals surface area contributed by atoms with Crippen molar-refractivity contribution in [2.45, 2.75) is 51.4 Å². The van der Waals surface area contributed by atoms with Crippen LogP contribution in [0, 0.1) is 10.1 Å². The van der Waals surface area contributed by atoms with Crippen LogP contribution in [0.5, 0.6) is 11.5 Å². The number of anilines is 1.